The lowest BCUT2D eigenvalue weighted by atomic mass is 9.48. The van der Waals surface area contributed by atoms with Crippen molar-refractivity contribution in [3.8, 4) is 0 Å². The van der Waals surface area contributed by atoms with Crippen molar-refractivity contribution in [2.24, 2.45) is 23.2 Å². The highest BCUT2D eigenvalue weighted by Gasteiger charge is 2.54. The zero-order chi connectivity index (χ0) is 13.0. The molecule has 0 atom stereocenters. The molecular weight excluding hydrogens is 238 g/mol. The van der Waals surface area contributed by atoms with Crippen molar-refractivity contribution in [1.29, 1.82) is 0 Å². The standard InChI is InChI=1S/C15H21N3O/c16-13-7-17-18(8-13)9-14(19)15-4-10-1-11(5-15)3-12(2-10)6-15/h7-8,10-12H,1-6,9,16H2. The van der Waals surface area contributed by atoms with Gasteiger partial charge in [0.05, 0.1) is 11.9 Å². The molecule has 4 fully saturated rings. The first-order valence-corrected chi connectivity index (χ1v) is 7.44. The van der Waals surface area contributed by atoms with Crippen molar-refractivity contribution in [2.75, 3.05) is 5.73 Å². The zero-order valence-corrected chi connectivity index (χ0v) is 11.2. The molecule has 0 spiro atoms. The molecule has 0 unspecified atom stereocenters. The van der Waals surface area contributed by atoms with Gasteiger partial charge in [0.25, 0.3) is 0 Å². The van der Waals surface area contributed by atoms with E-state index in [-0.39, 0.29) is 5.41 Å². The van der Waals surface area contributed by atoms with Gasteiger partial charge in [-0.1, -0.05) is 0 Å². The number of hydrogen-bond acceptors (Lipinski definition) is 3. The van der Waals surface area contributed by atoms with Crippen LogP contribution in [0.5, 0.6) is 0 Å². The minimum absolute atomic E-state index is 0.0184. The summed E-state index contributed by atoms with van der Waals surface area (Å²) in [6.07, 6.45) is 10.9. The van der Waals surface area contributed by atoms with E-state index in [0.29, 0.717) is 18.0 Å². The highest BCUT2D eigenvalue weighted by atomic mass is 16.1. The van der Waals surface area contributed by atoms with Gasteiger partial charge in [-0.25, -0.2) is 0 Å². The topological polar surface area (TPSA) is 60.9 Å². The van der Waals surface area contributed by atoms with E-state index in [0.717, 1.165) is 37.0 Å². The molecule has 0 radical (unpaired) electrons. The molecule has 4 nitrogen and oxygen atoms in total. The van der Waals surface area contributed by atoms with E-state index in [2.05, 4.69) is 5.10 Å². The van der Waals surface area contributed by atoms with Gasteiger partial charge in [0, 0.05) is 11.6 Å². The van der Waals surface area contributed by atoms with Crippen LogP contribution in [0.25, 0.3) is 0 Å². The van der Waals surface area contributed by atoms with Crippen LogP contribution in [0, 0.1) is 23.2 Å². The van der Waals surface area contributed by atoms with Crippen molar-refractivity contribution in [3.63, 3.8) is 0 Å². The van der Waals surface area contributed by atoms with Gasteiger partial charge in [0.2, 0.25) is 0 Å². The molecule has 4 aliphatic carbocycles. The Morgan fingerprint density at radius 1 is 1.26 bits per heavy atom. The van der Waals surface area contributed by atoms with Gasteiger partial charge >= 0.3 is 0 Å². The van der Waals surface area contributed by atoms with Gasteiger partial charge in [0.1, 0.15) is 6.54 Å². The van der Waals surface area contributed by atoms with E-state index in [4.69, 9.17) is 5.73 Å². The normalized spacial score (nSPS) is 39.7. The van der Waals surface area contributed by atoms with Crippen LogP contribution < -0.4 is 5.73 Å². The Bertz CT molecular complexity index is 484. The monoisotopic (exact) mass is 259 g/mol. The Morgan fingerprint density at radius 2 is 1.84 bits per heavy atom. The first-order chi connectivity index (χ1) is 9.13. The molecule has 0 aromatic carbocycles. The molecule has 0 amide bonds. The zero-order valence-electron chi connectivity index (χ0n) is 11.2. The van der Waals surface area contributed by atoms with E-state index in [9.17, 15) is 4.79 Å². The largest absolute Gasteiger partial charge is 0.396 e. The fourth-order valence-electron chi connectivity index (χ4n) is 5.23. The van der Waals surface area contributed by atoms with Gasteiger partial charge in [-0.15, -0.1) is 0 Å². The summed E-state index contributed by atoms with van der Waals surface area (Å²) in [6, 6.07) is 0. The predicted molar refractivity (Wildman–Crippen MR) is 72.3 cm³/mol. The van der Waals surface area contributed by atoms with E-state index in [1.807, 2.05) is 0 Å². The lowest BCUT2D eigenvalue weighted by Crippen LogP contribution is -2.50. The number of nitrogens with two attached hydrogens (primary N) is 1. The maximum Gasteiger partial charge on any atom is 0.160 e. The van der Waals surface area contributed by atoms with Crippen molar-refractivity contribution >= 4 is 11.5 Å². The Balaban J connectivity index is 1.56. The minimum Gasteiger partial charge on any atom is -0.396 e. The lowest BCUT2D eigenvalue weighted by molar-refractivity contribution is -0.144. The fraction of sp³-hybridized carbons (Fsp3) is 0.733. The van der Waals surface area contributed by atoms with E-state index >= 15 is 0 Å². The van der Waals surface area contributed by atoms with Crippen LogP contribution in [0.1, 0.15) is 38.5 Å². The second kappa shape index (κ2) is 3.84. The van der Waals surface area contributed by atoms with Gasteiger partial charge < -0.3 is 5.73 Å². The Morgan fingerprint density at radius 3 is 2.32 bits per heavy atom. The number of aromatic nitrogens is 2. The Hall–Kier alpha value is -1.32. The first-order valence-electron chi connectivity index (χ1n) is 7.44. The molecule has 1 aromatic rings. The molecule has 0 aliphatic heterocycles. The number of nitrogen functional groups attached to an aromatic ring is 1. The quantitative estimate of drug-likeness (QED) is 0.905. The SMILES string of the molecule is Nc1cnn(CC(=O)C23CC4CC(CC(C4)C2)C3)c1. The number of carbonyl (C=O) groups excluding carboxylic acids is 1. The number of hydrogen-bond donors (Lipinski definition) is 1. The number of ketones is 1. The molecule has 1 heterocycles. The number of rotatable bonds is 3. The van der Waals surface area contributed by atoms with Crippen molar-refractivity contribution in [1.82, 2.24) is 9.78 Å². The molecule has 4 aliphatic rings. The van der Waals surface area contributed by atoms with Gasteiger partial charge in [-0.3, -0.25) is 9.48 Å². The summed E-state index contributed by atoms with van der Waals surface area (Å²) in [5, 5.41) is 4.15. The molecule has 4 bridgehead atoms. The average molecular weight is 259 g/mol. The van der Waals surface area contributed by atoms with Gasteiger partial charge in [0.15, 0.2) is 5.78 Å². The summed E-state index contributed by atoms with van der Waals surface area (Å²) in [6.45, 7) is 0.406. The van der Waals surface area contributed by atoms with Crippen LogP contribution >= 0.6 is 0 Å². The molecule has 5 rings (SSSR count). The molecule has 4 heteroatoms. The Kier molecular flexibility index (Phi) is 2.32. The highest BCUT2D eigenvalue weighted by molar-refractivity contribution is 5.85. The van der Waals surface area contributed by atoms with Crippen molar-refractivity contribution in [3.05, 3.63) is 12.4 Å². The summed E-state index contributed by atoms with van der Waals surface area (Å²) in [5.74, 6) is 2.85. The van der Waals surface area contributed by atoms with Crippen LogP contribution in [0.4, 0.5) is 5.69 Å². The third-order valence-corrected chi connectivity index (χ3v) is 5.59. The Labute approximate surface area is 113 Å². The molecule has 19 heavy (non-hydrogen) atoms. The van der Waals surface area contributed by atoms with Crippen molar-refractivity contribution < 1.29 is 4.79 Å². The lowest BCUT2D eigenvalue weighted by Gasteiger charge is -2.55. The summed E-state index contributed by atoms with van der Waals surface area (Å²) in [4.78, 5) is 12.8. The van der Waals surface area contributed by atoms with E-state index in [1.165, 1.54) is 19.3 Å². The highest BCUT2D eigenvalue weighted by Crippen LogP contribution is 2.60. The van der Waals surface area contributed by atoms with E-state index in [1.54, 1.807) is 17.1 Å². The molecule has 2 N–H and O–H groups in total. The summed E-state index contributed by atoms with van der Waals surface area (Å²) in [5.41, 5.74) is 6.28. The molecule has 4 saturated carbocycles. The third kappa shape index (κ3) is 1.80. The number of anilines is 1. The minimum atomic E-state index is -0.0184. The predicted octanol–water partition coefficient (Wildman–Crippen LogP) is 2.25. The number of carbonyl (C=O) groups is 1. The third-order valence-electron chi connectivity index (χ3n) is 5.59. The smallest absolute Gasteiger partial charge is 0.160 e. The summed E-state index contributed by atoms with van der Waals surface area (Å²) in [7, 11) is 0. The summed E-state index contributed by atoms with van der Waals surface area (Å²) < 4.78 is 1.70. The van der Waals surface area contributed by atoms with Crippen molar-refractivity contribution in [2.45, 2.75) is 45.1 Å². The number of nitrogens with zero attached hydrogens (tertiary/aromatic N) is 2. The van der Waals surface area contributed by atoms with Crippen LogP contribution in [0.3, 0.4) is 0 Å². The second-order valence-electron chi connectivity index (χ2n) is 7.09. The molecule has 0 saturated heterocycles. The second-order valence-corrected chi connectivity index (χ2v) is 7.09. The molecular formula is C15H21N3O. The first kappa shape index (κ1) is 11.5. The van der Waals surface area contributed by atoms with E-state index < -0.39 is 0 Å². The number of Topliss-reactive ketones (excluding diaryl/α,β-unsaturated/α-hetero) is 1. The molecule has 102 valence electrons. The molecule has 1 aromatic heterocycles. The van der Waals surface area contributed by atoms with Crippen LogP contribution in [0.2, 0.25) is 0 Å². The maximum atomic E-state index is 12.8. The maximum absolute atomic E-state index is 12.8. The fourth-order valence-corrected chi connectivity index (χ4v) is 5.23. The average Bonchev–Trinajstić information content (AvgIpc) is 2.73. The van der Waals surface area contributed by atoms with Crippen LogP contribution in [0.15, 0.2) is 12.4 Å². The van der Waals surface area contributed by atoms with Gasteiger partial charge in [-0.05, 0) is 56.3 Å². The van der Waals surface area contributed by atoms with Gasteiger partial charge in [-0.2, -0.15) is 5.10 Å². The van der Waals surface area contributed by atoms with Crippen LogP contribution in [-0.2, 0) is 11.3 Å². The summed E-state index contributed by atoms with van der Waals surface area (Å²) >= 11 is 0. The van der Waals surface area contributed by atoms with Crippen LogP contribution in [-0.4, -0.2) is 15.6 Å².